The average Bonchev–Trinajstić information content (AvgIpc) is 2.35. The molecular formula is C14H31NO2. The number of rotatable bonds is 14. The lowest BCUT2D eigenvalue weighted by Gasteiger charge is -2.06. The Morgan fingerprint density at radius 1 is 0.706 bits per heavy atom. The van der Waals surface area contributed by atoms with Gasteiger partial charge in [-0.05, 0) is 25.9 Å². The van der Waals surface area contributed by atoms with Crippen molar-refractivity contribution in [2.75, 3.05) is 39.5 Å². The number of ether oxygens (including phenoxy) is 2. The van der Waals surface area contributed by atoms with E-state index in [4.69, 9.17) is 9.47 Å². The highest BCUT2D eigenvalue weighted by Gasteiger charge is 1.92. The molecule has 0 saturated carbocycles. The van der Waals surface area contributed by atoms with Crippen LogP contribution in [0.5, 0.6) is 0 Å². The SMILES string of the molecule is CCCCCCCOCCOCCCNCC. The molecule has 0 amide bonds. The van der Waals surface area contributed by atoms with E-state index in [0.717, 1.165) is 45.9 Å². The minimum absolute atomic E-state index is 0.737. The molecule has 0 aliphatic rings. The number of unbranched alkanes of at least 4 members (excludes halogenated alkanes) is 4. The van der Waals surface area contributed by atoms with Crippen LogP contribution in [0.1, 0.15) is 52.4 Å². The first-order valence-electron chi connectivity index (χ1n) is 7.28. The summed E-state index contributed by atoms with van der Waals surface area (Å²) in [6.45, 7) is 9.67. The van der Waals surface area contributed by atoms with Crippen LogP contribution in [0.2, 0.25) is 0 Å². The maximum Gasteiger partial charge on any atom is 0.0700 e. The molecule has 0 aliphatic heterocycles. The van der Waals surface area contributed by atoms with Gasteiger partial charge in [0.25, 0.3) is 0 Å². The van der Waals surface area contributed by atoms with Crippen LogP contribution < -0.4 is 5.32 Å². The van der Waals surface area contributed by atoms with Crippen LogP contribution >= 0.6 is 0 Å². The minimum atomic E-state index is 0.737. The summed E-state index contributed by atoms with van der Waals surface area (Å²) < 4.78 is 11.0. The Hall–Kier alpha value is -0.120. The summed E-state index contributed by atoms with van der Waals surface area (Å²) in [5.41, 5.74) is 0. The predicted octanol–water partition coefficient (Wildman–Crippen LogP) is 2.99. The molecule has 104 valence electrons. The van der Waals surface area contributed by atoms with E-state index >= 15 is 0 Å². The molecule has 0 aromatic rings. The zero-order valence-electron chi connectivity index (χ0n) is 11.8. The number of nitrogens with one attached hydrogen (secondary N) is 1. The van der Waals surface area contributed by atoms with Crippen molar-refractivity contribution in [3.63, 3.8) is 0 Å². The number of hydrogen-bond donors (Lipinski definition) is 1. The third kappa shape index (κ3) is 15.9. The fourth-order valence-electron chi connectivity index (χ4n) is 1.61. The monoisotopic (exact) mass is 245 g/mol. The Morgan fingerprint density at radius 2 is 1.35 bits per heavy atom. The van der Waals surface area contributed by atoms with Gasteiger partial charge in [-0.1, -0.05) is 39.5 Å². The van der Waals surface area contributed by atoms with E-state index in [-0.39, 0.29) is 0 Å². The van der Waals surface area contributed by atoms with Crippen molar-refractivity contribution >= 4 is 0 Å². The zero-order valence-corrected chi connectivity index (χ0v) is 11.8. The molecule has 0 unspecified atom stereocenters. The van der Waals surface area contributed by atoms with Crippen LogP contribution in [0, 0.1) is 0 Å². The van der Waals surface area contributed by atoms with Gasteiger partial charge in [0, 0.05) is 13.2 Å². The Labute approximate surface area is 107 Å². The summed E-state index contributed by atoms with van der Waals surface area (Å²) in [7, 11) is 0. The van der Waals surface area contributed by atoms with Gasteiger partial charge in [-0.3, -0.25) is 0 Å². The van der Waals surface area contributed by atoms with Crippen molar-refractivity contribution in [3.05, 3.63) is 0 Å². The van der Waals surface area contributed by atoms with Crippen LogP contribution in [-0.4, -0.2) is 39.5 Å². The Balaban J connectivity index is 2.85. The first-order valence-corrected chi connectivity index (χ1v) is 7.28. The van der Waals surface area contributed by atoms with Crippen molar-refractivity contribution in [2.45, 2.75) is 52.4 Å². The van der Waals surface area contributed by atoms with Gasteiger partial charge in [0.2, 0.25) is 0 Å². The molecule has 0 heterocycles. The molecule has 17 heavy (non-hydrogen) atoms. The Morgan fingerprint density at radius 3 is 2.00 bits per heavy atom. The van der Waals surface area contributed by atoms with Crippen molar-refractivity contribution < 1.29 is 9.47 Å². The van der Waals surface area contributed by atoms with E-state index in [2.05, 4.69) is 19.2 Å². The van der Waals surface area contributed by atoms with Gasteiger partial charge < -0.3 is 14.8 Å². The lowest BCUT2D eigenvalue weighted by atomic mass is 10.2. The molecule has 0 atom stereocenters. The summed E-state index contributed by atoms with van der Waals surface area (Å²) in [6, 6.07) is 0. The fourth-order valence-corrected chi connectivity index (χ4v) is 1.61. The standard InChI is InChI=1S/C14H31NO2/c1-3-5-6-7-8-11-16-13-14-17-12-9-10-15-4-2/h15H,3-14H2,1-2H3. The molecule has 0 aliphatic carbocycles. The molecule has 0 aromatic heterocycles. The smallest absolute Gasteiger partial charge is 0.0700 e. The van der Waals surface area contributed by atoms with Gasteiger partial charge >= 0.3 is 0 Å². The summed E-state index contributed by atoms with van der Waals surface area (Å²) in [5.74, 6) is 0. The molecule has 3 heteroatoms. The minimum Gasteiger partial charge on any atom is -0.379 e. The number of hydrogen-bond acceptors (Lipinski definition) is 3. The second kappa shape index (κ2) is 15.9. The molecule has 0 spiro atoms. The van der Waals surface area contributed by atoms with Gasteiger partial charge in [-0.15, -0.1) is 0 Å². The molecular weight excluding hydrogens is 214 g/mol. The maximum absolute atomic E-state index is 5.50. The summed E-state index contributed by atoms with van der Waals surface area (Å²) in [5, 5.41) is 3.27. The third-order valence-corrected chi connectivity index (χ3v) is 2.66. The highest BCUT2D eigenvalue weighted by molar-refractivity contribution is 4.44. The molecule has 0 fully saturated rings. The van der Waals surface area contributed by atoms with Crippen molar-refractivity contribution in [1.82, 2.24) is 5.32 Å². The van der Waals surface area contributed by atoms with Crippen LogP contribution in [0.4, 0.5) is 0 Å². The van der Waals surface area contributed by atoms with Crippen LogP contribution in [0.25, 0.3) is 0 Å². The molecule has 0 radical (unpaired) electrons. The summed E-state index contributed by atoms with van der Waals surface area (Å²) in [4.78, 5) is 0. The fraction of sp³-hybridized carbons (Fsp3) is 1.00. The molecule has 0 aromatic carbocycles. The molecule has 3 nitrogen and oxygen atoms in total. The van der Waals surface area contributed by atoms with Gasteiger partial charge in [0.15, 0.2) is 0 Å². The lowest BCUT2D eigenvalue weighted by molar-refractivity contribution is 0.0455. The van der Waals surface area contributed by atoms with Gasteiger partial charge in [-0.2, -0.15) is 0 Å². The van der Waals surface area contributed by atoms with Crippen molar-refractivity contribution in [2.24, 2.45) is 0 Å². The average molecular weight is 245 g/mol. The first kappa shape index (κ1) is 16.9. The molecule has 0 rings (SSSR count). The lowest BCUT2D eigenvalue weighted by Crippen LogP contribution is -2.16. The Bertz CT molecular complexity index is 117. The maximum atomic E-state index is 5.50. The van der Waals surface area contributed by atoms with E-state index in [1.54, 1.807) is 0 Å². The summed E-state index contributed by atoms with van der Waals surface area (Å²) in [6.07, 6.45) is 7.60. The largest absolute Gasteiger partial charge is 0.379 e. The topological polar surface area (TPSA) is 30.5 Å². The predicted molar refractivity (Wildman–Crippen MR) is 73.6 cm³/mol. The van der Waals surface area contributed by atoms with Crippen LogP contribution in [-0.2, 0) is 9.47 Å². The van der Waals surface area contributed by atoms with Gasteiger partial charge in [0.05, 0.1) is 13.2 Å². The first-order chi connectivity index (χ1) is 8.41. The third-order valence-electron chi connectivity index (χ3n) is 2.66. The van der Waals surface area contributed by atoms with E-state index in [1.165, 1.54) is 32.1 Å². The Kier molecular flexibility index (Phi) is 15.8. The normalized spacial score (nSPS) is 10.9. The second-order valence-corrected chi connectivity index (χ2v) is 4.35. The molecule has 0 bridgehead atoms. The van der Waals surface area contributed by atoms with Crippen molar-refractivity contribution in [3.8, 4) is 0 Å². The van der Waals surface area contributed by atoms with E-state index in [9.17, 15) is 0 Å². The van der Waals surface area contributed by atoms with E-state index in [1.807, 2.05) is 0 Å². The highest BCUT2D eigenvalue weighted by Crippen LogP contribution is 2.02. The zero-order chi connectivity index (χ0) is 12.6. The molecule has 1 N–H and O–H groups in total. The van der Waals surface area contributed by atoms with Gasteiger partial charge in [-0.25, -0.2) is 0 Å². The van der Waals surface area contributed by atoms with Gasteiger partial charge in [0.1, 0.15) is 0 Å². The van der Waals surface area contributed by atoms with Crippen molar-refractivity contribution in [1.29, 1.82) is 0 Å². The highest BCUT2D eigenvalue weighted by atomic mass is 16.5. The molecule has 0 saturated heterocycles. The van der Waals surface area contributed by atoms with Crippen LogP contribution in [0.3, 0.4) is 0 Å². The quantitative estimate of drug-likeness (QED) is 0.477. The van der Waals surface area contributed by atoms with E-state index < -0.39 is 0 Å². The second-order valence-electron chi connectivity index (χ2n) is 4.35. The summed E-state index contributed by atoms with van der Waals surface area (Å²) >= 11 is 0. The van der Waals surface area contributed by atoms with Crippen LogP contribution in [0.15, 0.2) is 0 Å². The van der Waals surface area contributed by atoms with E-state index in [0.29, 0.717) is 0 Å².